The monoisotopic (exact) mass is 243 g/mol. The molecule has 0 amide bonds. The normalized spacial score (nSPS) is 27.0. The third kappa shape index (κ3) is 5.36. The van der Waals surface area contributed by atoms with Crippen molar-refractivity contribution in [3.05, 3.63) is 0 Å². The van der Waals surface area contributed by atoms with E-state index in [1.807, 2.05) is 0 Å². The average molecular weight is 243 g/mol. The first-order valence-electron chi connectivity index (χ1n) is 7.10. The Balaban J connectivity index is 2.31. The molecular weight excluding hydrogens is 214 g/mol. The van der Waals surface area contributed by atoms with Crippen molar-refractivity contribution >= 4 is 0 Å². The number of ether oxygens (including phenoxy) is 2. The maximum atomic E-state index is 5.99. The second-order valence-corrected chi connectivity index (χ2v) is 5.20. The van der Waals surface area contributed by atoms with E-state index in [1.165, 1.54) is 25.7 Å². The first-order chi connectivity index (χ1) is 8.29. The van der Waals surface area contributed by atoms with Crippen LogP contribution in [0.25, 0.3) is 0 Å². The Morgan fingerprint density at radius 1 is 1.47 bits per heavy atom. The molecule has 17 heavy (non-hydrogen) atoms. The van der Waals surface area contributed by atoms with E-state index in [-0.39, 0.29) is 0 Å². The molecule has 0 bridgehead atoms. The lowest BCUT2D eigenvalue weighted by Gasteiger charge is -2.36. The van der Waals surface area contributed by atoms with E-state index in [9.17, 15) is 0 Å². The molecule has 1 aliphatic rings. The van der Waals surface area contributed by atoms with E-state index in [2.05, 4.69) is 19.2 Å². The number of rotatable bonds is 8. The minimum absolute atomic E-state index is 0.457. The van der Waals surface area contributed by atoms with E-state index in [0.717, 1.165) is 26.3 Å². The summed E-state index contributed by atoms with van der Waals surface area (Å²) in [6, 6.07) is 0. The SMILES string of the molecule is CCCC(C)C1OCCCC1CNCCOC. The quantitative estimate of drug-likeness (QED) is 0.664. The van der Waals surface area contributed by atoms with Crippen LogP contribution in [0.2, 0.25) is 0 Å². The lowest BCUT2D eigenvalue weighted by molar-refractivity contribution is -0.0577. The van der Waals surface area contributed by atoms with Crippen LogP contribution >= 0.6 is 0 Å². The maximum absolute atomic E-state index is 5.99. The van der Waals surface area contributed by atoms with Gasteiger partial charge in [-0.1, -0.05) is 20.3 Å². The molecule has 0 aliphatic carbocycles. The van der Waals surface area contributed by atoms with Gasteiger partial charge in [-0.05, 0) is 31.1 Å². The van der Waals surface area contributed by atoms with Crippen molar-refractivity contribution in [3.63, 3.8) is 0 Å². The highest BCUT2D eigenvalue weighted by Gasteiger charge is 2.29. The predicted molar refractivity (Wildman–Crippen MR) is 71.3 cm³/mol. The second kappa shape index (κ2) is 8.90. The Morgan fingerprint density at radius 3 is 3.00 bits per heavy atom. The van der Waals surface area contributed by atoms with E-state index >= 15 is 0 Å². The molecule has 3 atom stereocenters. The van der Waals surface area contributed by atoms with Gasteiger partial charge in [0.25, 0.3) is 0 Å². The van der Waals surface area contributed by atoms with Gasteiger partial charge < -0.3 is 14.8 Å². The van der Waals surface area contributed by atoms with Gasteiger partial charge in [0.05, 0.1) is 12.7 Å². The van der Waals surface area contributed by atoms with Crippen LogP contribution in [-0.2, 0) is 9.47 Å². The summed E-state index contributed by atoms with van der Waals surface area (Å²) in [5.41, 5.74) is 0. The molecule has 1 fully saturated rings. The largest absolute Gasteiger partial charge is 0.383 e. The van der Waals surface area contributed by atoms with Crippen LogP contribution in [0.1, 0.15) is 39.5 Å². The molecule has 0 spiro atoms. The standard InChI is InChI=1S/C14H29NO2/c1-4-6-12(2)14-13(7-5-9-17-14)11-15-8-10-16-3/h12-15H,4-11H2,1-3H3. The summed E-state index contributed by atoms with van der Waals surface area (Å²) < 4.78 is 11.0. The zero-order chi connectivity index (χ0) is 12.5. The summed E-state index contributed by atoms with van der Waals surface area (Å²) in [5, 5.41) is 3.48. The van der Waals surface area contributed by atoms with E-state index in [4.69, 9.17) is 9.47 Å². The van der Waals surface area contributed by atoms with Gasteiger partial charge in [-0.15, -0.1) is 0 Å². The van der Waals surface area contributed by atoms with Crippen molar-refractivity contribution in [2.45, 2.75) is 45.6 Å². The molecule has 0 aromatic heterocycles. The number of hydrogen-bond donors (Lipinski definition) is 1. The van der Waals surface area contributed by atoms with Crippen LogP contribution in [0.5, 0.6) is 0 Å². The Morgan fingerprint density at radius 2 is 2.29 bits per heavy atom. The average Bonchev–Trinajstić information content (AvgIpc) is 2.35. The van der Waals surface area contributed by atoms with Crippen LogP contribution in [0.3, 0.4) is 0 Å². The molecule has 3 nitrogen and oxygen atoms in total. The molecule has 0 aromatic carbocycles. The lowest BCUT2D eigenvalue weighted by Crippen LogP contribution is -2.41. The summed E-state index contributed by atoms with van der Waals surface area (Å²) in [4.78, 5) is 0. The minimum Gasteiger partial charge on any atom is -0.383 e. The first-order valence-corrected chi connectivity index (χ1v) is 7.10. The maximum Gasteiger partial charge on any atom is 0.0640 e. The predicted octanol–water partition coefficient (Wildman–Crippen LogP) is 2.45. The number of nitrogens with one attached hydrogen (secondary N) is 1. The molecule has 0 radical (unpaired) electrons. The van der Waals surface area contributed by atoms with Gasteiger partial charge in [0.2, 0.25) is 0 Å². The summed E-state index contributed by atoms with van der Waals surface area (Å²) in [6.45, 7) is 8.35. The van der Waals surface area contributed by atoms with Crippen LogP contribution in [0, 0.1) is 11.8 Å². The molecule has 1 rings (SSSR count). The second-order valence-electron chi connectivity index (χ2n) is 5.20. The van der Waals surface area contributed by atoms with Gasteiger partial charge in [0.15, 0.2) is 0 Å². The Kier molecular flexibility index (Phi) is 7.82. The van der Waals surface area contributed by atoms with Gasteiger partial charge in [0.1, 0.15) is 0 Å². The molecule has 1 aliphatic heterocycles. The zero-order valence-corrected chi connectivity index (χ0v) is 11.7. The lowest BCUT2D eigenvalue weighted by atomic mass is 9.84. The smallest absolute Gasteiger partial charge is 0.0640 e. The molecule has 1 N–H and O–H groups in total. The topological polar surface area (TPSA) is 30.5 Å². The summed E-state index contributed by atoms with van der Waals surface area (Å²) in [7, 11) is 1.75. The van der Waals surface area contributed by atoms with Gasteiger partial charge in [-0.2, -0.15) is 0 Å². The van der Waals surface area contributed by atoms with Gasteiger partial charge in [0, 0.05) is 26.8 Å². The van der Waals surface area contributed by atoms with Crippen LogP contribution in [0.4, 0.5) is 0 Å². The molecule has 3 unspecified atom stereocenters. The van der Waals surface area contributed by atoms with Gasteiger partial charge in [-0.3, -0.25) is 0 Å². The molecule has 0 saturated carbocycles. The van der Waals surface area contributed by atoms with Crippen molar-refractivity contribution in [2.24, 2.45) is 11.8 Å². The van der Waals surface area contributed by atoms with Crippen molar-refractivity contribution in [1.82, 2.24) is 5.32 Å². The zero-order valence-electron chi connectivity index (χ0n) is 11.7. The Labute approximate surface area is 106 Å². The van der Waals surface area contributed by atoms with Crippen LogP contribution < -0.4 is 5.32 Å². The third-order valence-electron chi connectivity index (χ3n) is 3.69. The number of methoxy groups -OCH3 is 1. The van der Waals surface area contributed by atoms with E-state index < -0.39 is 0 Å². The molecule has 0 aromatic rings. The molecular formula is C14H29NO2. The fourth-order valence-electron chi connectivity index (χ4n) is 2.79. The van der Waals surface area contributed by atoms with Crippen molar-refractivity contribution in [1.29, 1.82) is 0 Å². The molecule has 3 heteroatoms. The number of hydrogen-bond acceptors (Lipinski definition) is 3. The van der Waals surface area contributed by atoms with Gasteiger partial charge in [-0.25, -0.2) is 0 Å². The Bertz CT molecular complexity index is 187. The summed E-state index contributed by atoms with van der Waals surface area (Å²) >= 11 is 0. The van der Waals surface area contributed by atoms with Crippen molar-refractivity contribution in [2.75, 3.05) is 33.4 Å². The van der Waals surface area contributed by atoms with E-state index in [1.54, 1.807) is 7.11 Å². The van der Waals surface area contributed by atoms with Crippen LogP contribution in [0.15, 0.2) is 0 Å². The summed E-state index contributed by atoms with van der Waals surface area (Å²) in [5.74, 6) is 1.37. The highest BCUT2D eigenvalue weighted by Crippen LogP contribution is 2.28. The molecule has 102 valence electrons. The summed E-state index contributed by atoms with van der Waals surface area (Å²) in [6.07, 6.45) is 5.51. The van der Waals surface area contributed by atoms with Crippen molar-refractivity contribution in [3.8, 4) is 0 Å². The Hall–Kier alpha value is -0.120. The third-order valence-corrected chi connectivity index (χ3v) is 3.69. The molecule has 1 heterocycles. The first kappa shape index (κ1) is 14.9. The highest BCUT2D eigenvalue weighted by atomic mass is 16.5. The molecule has 1 saturated heterocycles. The van der Waals surface area contributed by atoms with E-state index in [0.29, 0.717) is 17.9 Å². The highest BCUT2D eigenvalue weighted by molar-refractivity contribution is 4.80. The van der Waals surface area contributed by atoms with Crippen molar-refractivity contribution < 1.29 is 9.47 Å². The fraction of sp³-hybridized carbons (Fsp3) is 1.00. The van der Waals surface area contributed by atoms with Crippen LogP contribution in [-0.4, -0.2) is 39.5 Å². The minimum atomic E-state index is 0.457. The fourth-order valence-corrected chi connectivity index (χ4v) is 2.79. The van der Waals surface area contributed by atoms with Gasteiger partial charge >= 0.3 is 0 Å².